The van der Waals surface area contributed by atoms with E-state index in [4.69, 9.17) is 0 Å². The molecule has 0 bridgehead atoms. The minimum absolute atomic E-state index is 0.223. The molecule has 2 fully saturated rings. The molecule has 2 aliphatic heterocycles. The Kier molecular flexibility index (Phi) is 7.76. The van der Waals surface area contributed by atoms with Crippen LogP contribution in [0.15, 0.2) is 66.0 Å². The highest BCUT2D eigenvalue weighted by molar-refractivity contribution is 7.13. The number of amides is 1. The summed E-state index contributed by atoms with van der Waals surface area (Å²) in [5, 5.41) is 3.22. The molecule has 5 rings (SSSR count). The predicted octanol–water partition coefficient (Wildman–Crippen LogP) is 3.90. The standard InChI is InChI=1S/C28H35N5OS/c1-23-22-35-28(29-23)33-14-8-13-30(15-16-33)21-26(34)31-17-19-32(20-18-31)27(24-9-4-2-5-10-24)25-11-6-3-7-12-25/h2-7,9-12,22,27H,8,13-21H2,1H3. The lowest BCUT2D eigenvalue weighted by Gasteiger charge is -2.40. The van der Waals surface area contributed by atoms with Crippen LogP contribution in [0.3, 0.4) is 0 Å². The van der Waals surface area contributed by atoms with Gasteiger partial charge in [-0.2, -0.15) is 0 Å². The van der Waals surface area contributed by atoms with E-state index in [1.54, 1.807) is 11.3 Å². The van der Waals surface area contributed by atoms with E-state index in [9.17, 15) is 4.79 Å². The van der Waals surface area contributed by atoms with E-state index in [1.807, 2.05) is 6.92 Å². The van der Waals surface area contributed by atoms with E-state index in [2.05, 4.69) is 90.6 Å². The molecule has 35 heavy (non-hydrogen) atoms. The summed E-state index contributed by atoms with van der Waals surface area (Å²) in [7, 11) is 0. The highest BCUT2D eigenvalue weighted by Gasteiger charge is 2.29. The first-order valence-electron chi connectivity index (χ1n) is 12.7. The average Bonchev–Trinajstić information content (AvgIpc) is 3.20. The number of anilines is 1. The van der Waals surface area contributed by atoms with Crippen LogP contribution in [0.1, 0.15) is 29.3 Å². The second kappa shape index (κ2) is 11.3. The topological polar surface area (TPSA) is 42.9 Å². The molecule has 0 unspecified atom stereocenters. The van der Waals surface area contributed by atoms with Crippen LogP contribution < -0.4 is 4.90 Å². The van der Waals surface area contributed by atoms with E-state index in [0.29, 0.717) is 6.54 Å². The van der Waals surface area contributed by atoms with E-state index >= 15 is 0 Å². The number of piperazine rings is 1. The molecule has 184 valence electrons. The molecular formula is C28H35N5OS. The number of aromatic nitrogens is 1. The van der Waals surface area contributed by atoms with Crippen molar-refractivity contribution in [3.05, 3.63) is 82.9 Å². The lowest BCUT2D eigenvalue weighted by molar-refractivity contribution is -0.134. The van der Waals surface area contributed by atoms with E-state index in [0.717, 1.165) is 69.6 Å². The smallest absolute Gasteiger partial charge is 0.236 e. The first kappa shape index (κ1) is 24.0. The molecule has 2 aromatic carbocycles. The molecule has 0 saturated carbocycles. The fourth-order valence-electron chi connectivity index (χ4n) is 5.21. The van der Waals surface area contributed by atoms with Gasteiger partial charge in [0.25, 0.3) is 0 Å². The van der Waals surface area contributed by atoms with Gasteiger partial charge in [0.05, 0.1) is 18.3 Å². The summed E-state index contributed by atoms with van der Waals surface area (Å²) in [6.07, 6.45) is 1.06. The van der Waals surface area contributed by atoms with Gasteiger partial charge in [-0.15, -0.1) is 11.3 Å². The Balaban J connectivity index is 1.16. The SMILES string of the molecule is Cc1csc(N2CCCN(CC(=O)N3CCN(C(c4ccccc4)c4ccccc4)CC3)CC2)n1. The second-order valence-electron chi connectivity index (χ2n) is 9.53. The van der Waals surface area contributed by atoms with Gasteiger partial charge in [-0.05, 0) is 24.5 Å². The maximum atomic E-state index is 13.2. The van der Waals surface area contributed by atoms with Crippen molar-refractivity contribution in [2.24, 2.45) is 0 Å². The van der Waals surface area contributed by atoms with Gasteiger partial charge in [-0.1, -0.05) is 60.7 Å². The maximum Gasteiger partial charge on any atom is 0.236 e. The molecule has 0 atom stereocenters. The van der Waals surface area contributed by atoms with Crippen molar-refractivity contribution < 1.29 is 4.79 Å². The summed E-state index contributed by atoms with van der Waals surface area (Å²) in [5.74, 6) is 0.263. The Bertz CT molecular complexity index is 1040. The summed E-state index contributed by atoms with van der Waals surface area (Å²) in [5.41, 5.74) is 3.70. The normalized spacial score (nSPS) is 18.1. The van der Waals surface area contributed by atoms with Crippen LogP contribution in [0.5, 0.6) is 0 Å². The van der Waals surface area contributed by atoms with Gasteiger partial charge in [0.2, 0.25) is 5.91 Å². The number of rotatable bonds is 6. The maximum absolute atomic E-state index is 13.2. The molecule has 3 heterocycles. The van der Waals surface area contributed by atoms with Crippen LogP contribution in [-0.4, -0.2) is 84.5 Å². The van der Waals surface area contributed by atoms with Crippen LogP contribution in [-0.2, 0) is 4.79 Å². The first-order chi connectivity index (χ1) is 17.2. The molecular weight excluding hydrogens is 454 g/mol. The van der Waals surface area contributed by atoms with Crippen molar-refractivity contribution in [1.82, 2.24) is 19.7 Å². The Labute approximate surface area is 212 Å². The van der Waals surface area contributed by atoms with Crippen LogP contribution in [0.25, 0.3) is 0 Å². The molecule has 2 aliphatic rings. The number of nitrogens with zero attached hydrogens (tertiary/aromatic N) is 5. The number of aryl methyl sites for hydroxylation is 1. The lowest BCUT2D eigenvalue weighted by atomic mass is 9.96. The molecule has 0 spiro atoms. The van der Waals surface area contributed by atoms with Crippen molar-refractivity contribution in [2.45, 2.75) is 19.4 Å². The van der Waals surface area contributed by atoms with E-state index in [-0.39, 0.29) is 11.9 Å². The Morgan fingerprint density at radius 1 is 0.857 bits per heavy atom. The highest BCUT2D eigenvalue weighted by atomic mass is 32.1. The molecule has 1 amide bonds. The zero-order valence-electron chi connectivity index (χ0n) is 20.6. The largest absolute Gasteiger partial charge is 0.347 e. The number of thiazole rings is 1. The number of carbonyl (C=O) groups excluding carboxylic acids is 1. The van der Waals surface area contributed by atoms with Crippen molar-refractivity contribution in [3.8, 4) is 0 Å². The minimum atomic E-state index is 0.223. The Hall–Kier alpha value is -2.74. The van der Waals surface area contributed by atoms with Crippen LogP contribution in [0.2, 0.25) is 0 Å². The average molecular weight is 490 g/mol. The first-order valence-corrected chi connectivity index (χ1v) is 13.6. The fraction of sp³-hybridized carbons (Fsp3) is 0.429. The number of carbonyl (C=O) groups is 1. The molecule has 6 nitrogen and oxygen atoms in total. The van der Waals surface area contributed by atoms with E-state index < -0.39 is 0 Å². The molecule has 0 radical (unpaired) electrons. The van der Waals surface area contributed by atoms with Crippen LogP contribution in [0, 0.1) is 6.92 Å². The molecule has 1 aromatic heterocycles. The van der Waals surface area contributed by atoms with E-state index in [1.165, 1.54) is 11.1 Å². The third kappa shape index (κ3) is 5.92. The minimum Gasteiger partial charge on any atom is -0.347 e. The van der Waals surface area contributed by atoms with Gasteiger partial charge in [0, 0.05) is 57.7 Å². The van der Waals surface area contributed by atoms with Crippen molar-refractivity contribution in [3.63, 3.8) is 0 Å². The van der Waals surface area contributed by atoms with Gasteiger partial charge < -0.3 is 9.80 Å². The van der Waals surface area contributed by atoms with Gasteiger partial charge in [-0.25, -0.2) is 4.98 Å². The number of benzene rings is 2. The second-order valence-corrected chi connectivity index (χ2v) is 10.4. The molecule has 0 aliphatic carbocycles. The fourth-order valence-corrected chi connectivity index (χ4v) is 6.07. The third-order valence-corrected chi connectivity index (χ3v) is 8.11. The zero-order chi connectivity index (χ0) is 24.0. The van der Waals surface area contributed by atoms with Gasteiger partial charge in [0.1, 0.15) is 0 Å². The van der Waals surface area contributed by atoms with Crippen molar-refractivity contribution >= 4 is 22.4 Å². The molecule has 7 heteroatoms. The zero-order valence-corrected chi connectivity index (χ0v) is 21.4. The van der Waals surface area contributed by atoms with Crippen molar-refractivity contribution in [2.75, 3.05) is 63.8 Å². The summed E-state index contributed by atoms with van der Waals surface area (Å²) >= 11 is 1.72. The summed E-state index contributed by atoms with van der Waals surface area (Å²) in [4.78, 5) is 27.1. The van der Waals surface area contributed by atoms with Gasteiger partial charge in [-0.3, -0.25) is 14.6 Å². The highest BCUT2D eigenvalue weighted by Crippen LogP contribution is 2.29. The monoisotopic (exact) mass is 489 g/mol. The molecule has 3 aromatic rings. The van der Waals surface area contributed by atoms with Crippen LogP contribution in [0.4, 0.5) is 5.13 Å². The van der Waals surface area contributed by atoms with Gasteiger partial charge in [0.15, 0.2) is 5.13 Å². The Morgan fingerprint density at radius 2 is 1.51 bits per heavy atom. The van der Waals surface area contributed by atoms with Gasteiger partial charge >= 0.3 is 0 Å². The predicted molar refractivity (Wildman–Crippen MR) is 143 cm³/mol. The summed E-state index contributed by atoms with van der Waals surface area (Å²) < 4.78 is 0. The van der Waals surface area contributed by atoms with Crippen molar-refractivity contribution in [1.29, 1.82) is 0 Å². The van der Waals surface area contributed by atoms with Crippen LogP contribution >= 0.6 is 11.3 Å². The summed E-state index contributed by atoms with van der Waals surface area (Å²) in [6.45, 7) is 9.73. The number of hydrogen-bond acceptors (Lipinski definition) is 6. The number of hydrogen-bond donors (Lipinski definition) is 0. The molecule has 2 saturated heterocycles. The summed E-state index contributed by atoms with van der Waals surface area (Å²) in [6, 6.07) is 21.7. The Morgan fingerprint density at radius 3 is 2.11 bits per heavy atom. The lowest BCUT2D eigenvalue weighted by Crippen LogP contribution is -2.52. The molecule has 0 N–H and O–H groups in total. The quantitative estimate of drug-likeness (QED) is 0.526. The third-order valence-electron chi connectivity index (χ3n) is 7.09.